The lowest BCUT2D eigenvalue weighted by Gasteiger charge is -2.02. The highest BCUT2D eigenvalue weighted by Crippen LogP contribution is 2.14. The van der Waals surface area contributed by atoms with Crippen LogP contribution in [0.25, 0.3) is 6.08 Å². The number of hydrogen-bond acceptors (Lipinski definition) is 4. The van der Waals surface area contributed by atoms with Crippen LogP contribution in [-0.2, 0) is 14.3 Å². The molecule has 5 heteroatoms. The third-order valence-corrected chi connectivity index (χ3v) is 2.47. The van der Waals surface area contributed by atoms with Crippen molar-refractivity contribution in [2.24, 2.45) is 0 Å². The Morgan fingerprint density at radius 1 is 1.35 bits per heavy atom. The number of allylic oxidation sites excluding steroid dienone is 2. The number of benzene rings is 1. The van der Waals surface area contributed by atoms with Crippen molar-refractivity contribution in [2.45, 2.75) is 0 Å². The minimum Gasteiger partial charge on any atom is -0.459 e. The maximum Gasteiger partial charge on any atom is 0.349 e. The lowest BCUT2D eigenvalue weighted by molar-refractivity contribution is -0.139. The van der Waals surface area contributed by atoms with E-state index in [0.29, 0.717) is 0 Å². The summed E-state index contributed by atoms with van der Waals surface area (Å²) in [7, 11) is 1.49. The first kappa shape index (κ1) is 16.0. The fourth-order valence-corrected chi connectivity index (χ4v) is 1.56. The van der Waals surface area contributed by atoms with Crippen LogP contribution in [0.4, 0.5) is 0 Å². The summed E-state index contributed by atoms with van der Waals surface area (Å²) in [6, 6.07) is 11.1. The summed E-state index contributed by atoms with van der Waals surface area (Å²) in [6.07, 6.45) is 2.94. The number of hydrogen-bond donors (Lipinski definition) is 0. The van der Waals surface area contributed by atoms with E-state index in [1.165, 1.54) is 13.2 Å². The van der Waals surface area contributed by atoms with Gasteiger partial charge in [-0.3, -0.25) is 0 Å². The van der Waals surface area contributed by atoms with Crippen LogP contribution >= 0.6 is 11.6 Å². The Kier molecular flexibility index (Phi) is 7.12. The summed E-state index contributed by atoms with van der Waals surface area (Å²) in [5.41, 5.74) is 0.720. The van der Waals surface area contributed by atoms with Gasteiger partial charge in [-0.05, 0) is 17.7 Å². The maximum atomic E-state index is 11.6. The monoisotopic (exact) mass is 291 g/mol. The van der Waals surface area contributed by atoms with Gasteiger partial charge < -0.3 is 9.47 Å². The van der Waals surface area contributed by atoms with Crippen molar-refractivity contribution in [1.82, 2.24) is 0 Å². The Labute approximate surface area is 122 Å². The molecule has 0 saturated carbocycles. The van der Waals surface area contributed by atoms with Gasteiger partial charge in [0.2, 0.25) is 0 Å². The number of nitrogens with zero attached hydrogens (tertiary/aromatic N) is 1. The van der Waals surface area contributed by atoms with E-state index in [-0.39, 0.29) is 23.8 Å². The predicted molar refractivity (Wildman–Crippen MR) is 76.8 cm³/mol. The van der Waals surface area contributed by atoms with Crippen LogP contribution in [0.5, 0.6) is 0 Å². The van der Waals surface area contributed by atoms with Crippen LogP contribution in [-0.4, -0.2) is 26.3 Å². The van der Waals surface area contributed by atoms with Crippen LogP contribution < -0.4 is 0 Å². The van der Waals surface area contributed by atoms with Crippen molar-refractivity contribution in [2.75, 3.05) is 20.3 Å². The van der Waals surface area contributed by atoms with Crippen molar-refractivity contribution in [1.29, 1.82) is 5.26 Å². The van der Waals surface area contributed by atoms with Gasteiger partial charge in [0.15, 0.2) is 0 Å². The molecule has 0 aliphatic heterocycles. The number of esters is 1. The molecule has 0 amide bonds. The van der Waals surface area contributed by atoms with Crippen LogP contribution in [0.2, 0.25) is 0 Å². The van der Waals surface area contributed by atoms with Gasteiger partial charge >= 0.3 is 5.97 Å². The molecule has 0 bridgehead atoms. The zero-order valence-corrected chi connectivity index (χ0v) is 11.8. The third-order valence-electron chi connectivity index (χ3n) is 2.25. The second-order valence-corrected chi connectivity index (χ2v) is 4.17. The highest BCUT2D eigenvalue weighted by atomic mass is 35.5. The molecule has 0 aromatic heterocycles. The topological polar surface area (TPSA) is 59.3 Å². The molecule has 0 aliphatic carbocycles. The van der Waals surface area contributed by atoms with Crippen LogP contribution in [0.3, 0.4) is 0 Å². The van der Waals surface area contributed by atoms with E-state index in [4.69, 9.17) is 26.3 Å². The van der Waals surface area contributed by atoms with E-state index in [2.05, 4.69) is 0 Å². The Balaban J connectivity index is 2.76. The molecular weight excluding hydrogens is 278 g/mol. The van der Waals surface area contributed by atoms with E-state index < -0.39 is 5.97 Å². The Bertz CT molecular complexity index is 544. The molecule has 104 valence electrons. The summed E-state index contributed by atoms with van der Waals surface area (Å²) in [5.74, 6) is -0.718. The molecule has 4 nitrogen and oxygen atoms in total. The molecule has 0 saturated heterocycles. The van der Waals surface area contributed by atoms with Crippen LogP contribution in [0.1, 0.15) is 5.56 Å². The SMILES string of the molecule is COCCOC(=O)/C(C#N)=C/C(Cl)=C/c1ccccc1. The highest BCUT2D eigenvalue weighted by Gasteiger charge is 2.10. The summed E-state index contributed by atoms with van der Waals surface area (Å²) < 4.78 is 9.59. The molecule has 1 aromatic carbocycles. The fourth-order valence-electron chi connectivity index (χ4n) is 1.32. The Hall–Kier alpha value is -2.09. The Morgan fingerprint density at radius 3 is 2.65 bits per heavy atom. The Morgan fingerprint density at radius 2 is 2.05 bits per heavy atom. The average molecular weight is 292 g/mol. The summed E-state index contributed by atoms with van der Waals surface area (Å²) >= 11 is 6.00. The van der Waals surface area contributed by atoms with Gasteiger partial charge in [-0.1, -0.05) is 41.9 Å². The van der Waals surface area contributed by atoms with Crippen LogP contribution in [0.15, 0.2) is 47.0 Å². The van der Waals surface area contributed by atoms with Crippen LogP contribution in [0, 0.1) is 11.3 Å². The molecule has 0 aliphatic rings. The molecule has 0 atom stereocenters. The number of methoxy groups -OCH3 is 1. The zero-order valence-electron chi connectivity index (χ0n) is 11.0. The van der Waals surface area contributed by atoms with Crippen molar-refractivity contribution >= 4 is 23.6 Å². The average Bonchev–Trinajstić information content (AvgIpc) is 2.46. The molecule has 0 fully saturated rings. The first-order valence-electron chi connectivity index (χ1n) is 5.87. The molecule has 0 radical (unpaired) electrons. The molecule has 1 rings (SSSR count). The van der Waals surface area contributed by atoms with Crippen molar-refractivity contribution in [3.8, 4) is 6.07 Å². The summed E-state index contributed by atoms with van der Waals surface area (Å²) in [4.78, 5) is 11.6. The molecule has 0 unspecified atom stereocenters. The summed E-state index contributed by atoms with van der Waals surface area (Å²) in [5, 5.41) is 9.21. The largest absolute Gasteiger partial charge is 0.459 e. The fraction of sp³-hybridized carbons (Fsp3) is 0.200. The number of carbonyl (C=O) groups excluding carboxylic acids is 1. The minimum absolute atomic E-state index is 0.0916. The second-order valence-electron chi connectivity index (χ2n) is 3.74. The number of nitriles is 1. The first-order valence-corrected chi connectivity index (χ1v) is 6.25. The minimum atomic E-state index is -0.718. The highest BCUT2D eigenvalue weighted by molar-refractivity contribution is 6.33. The number of carbonyl (C=O) groups is 1. The number of ether oxygens (including phenoxy) is 2. The maximum absolute atomic E-state index is 11.6. The lowest BCUT2D eigenvalue weighted by Crippen LogP contribution is -2.11. The molecule has 1 aromatic rings. The van der Waals surface area contributed by atoms with E-state index >= 15 is 0 Å². The van der Waals surface area contributed by atoms with Crippen molar-refractivity contribution in [3.63, 3.8) is 0 Å². The van der Waals surface area contributed by atoms with E-state index in [1.807, 2.05) is 30.3 Å². The van der Waals surface area contributed by atoms with Crippen molar-refractivity contribution in [3.05, 3.63) is 52.6 Å². The third kappa shape index (κ3) is 5.70. The quantitative estimate of drug-likeness (QED) is 0.266. The van der Waals surface area contributed by atoms with Crippen molar-refractivity contribution < 1.29 is 14.3 Å². The van der Waals surface area contributed by atoms with Gasteiger partial charge in [-0.2, -0.15) is 5.26 Å². The zero-order chi connectivity index (χ0) is 14.8. The normalized spacial score (nSPS) is 11.8. The number of halogens is 1. The van der Waals surface area contributed by atoms with E-state index in [1.54, 1.807) is 12.1 Å². The molecule has 20 heavy (non-hydrogen) atoms. The smallest absolute Gasteiger partial charge is 0.349 e. The molecule has 0 N–H and O–H groups in total. The standard InChI is InChI=1S/C15H14ClNO3/c1-19-7-8-20-15(18)13(11-17)10-14(16)9-12-5-3-2-4-6-12/h2-6,9-10H,7-8H2,1H3/b13-10+,14-9-. The van der Waals surface area contributed by atoms with Gasteiger partial charge in [0.1, 0.15) is 18.2 Å². The second kappa shape index (κ2) is 8.92. The van der Waals surface area contributed by atoms with Gasteiger partial charge in [-0.25, -0.2) is 4.79 Å². The summed E-state index contributed by atoms with van der Waals surface area (Å²) in [6.45, 7) is 0.367. The van der Waals surface area contributed by atoms with Gasteiger partial charge in [0.05, 0.1) is 6.61 Å². The van der Waals surface area contributed by atoms with Gasteiger partial charge in [-0.15, -0.1) is 0 Å². The molecule has 0 heterocycles. The number of rotatable bonds is 6. The van der Waals surface area contributed by atoms with E-state index in [9.17, 15) is 4.79 Å². The first-order chi connectivity index (χ1) is 9.67. The van der Waals surface area contributed by atoms with Gasteiger partial charge in [0.25, 0.3) is 0 Å². The predicted octanol–water partition coefficient (Wildman–Crippen LogP) is 2.91. The molecule has 0 spiro atoms. The molecular formula is C15H14ClNO3. The van der Waals surface area contributed by atoms with E-state index in [0.717, 1.165) is 5.56 Å². The lowest BCUT2D eigenvalue weighted by atomic mass is 10.2. The van der Waals surface area contributed by atoms with Gasteiger partial charge in [0, 0.05) is 12.1 Å².